The Morgan fingerprint density at radius 1 is 1.12 bits per heavy atom. The van der Waals surface area contributed by atoms with Crippen LogP contribution in [0, 0.1) is 17.8 Å². The van der Waals surface area contributed by atoms with Gasteiger partial charge in [-0.3, -0.25) is 4.79 Å². The van der Waals surface area contributed by atoms with Gasteiger partial charge in [-0.25, -0.2) is 0 Å². The van der Waals surface area contributed by atoms with E-state index in [1.54, 1.807) is 0 Å². The summed E-state index contributed by atoms with van der Waals surface area (Å²) in [6.45, 7) is 1.72. The zero-order chi connectivity index (χ0) is 16.1. The van der Waals surface area contributed by atoms with Gasteiger partial charge < -0.3 is 9.42 Å². The molecule has 1 aliphatic heterocycles. The minimum absolute atomic E-state index is 0.139. The van der Waals surface area contributed by atoms with Crippen molar-refractivity contribution in [1.82, 2.24) is 15.0 Å². The molecule has 4 fully saturated rings. The third-order valence-corrected chi connectivity index (χ3v) is 6.62. The Labute approximate surface area is 143 Å². The van der Waals surface area contributed by atoms with Gasteiger partial charge >= 0.3 is 0 Å². The summed E-state index contributed by atoms with van der Waals surface area (Å²) < 4.78 is 5.60. The van der Waals surface area contributed by atoms with Crippen molar-refractivity contribution in [2.24, 2.45) is 17.8 Å². The third-order valence-electron chi connectivity index (χ3n) is 6.62. The zero-order valence-corrected chi connectivity index (χ0v) is 14.3. The molecule has 3 atom stereocenters. The molecule has 0 N–H and O–H groups in total. The topological polar surface area (TPSA) is 59.2 Å². The molecule has 0 aromatic carbocycles. The fourth-order valence-corrected chi connectivity index (χ4v) is 4.88. The van der Waals surface area contributed by atoms with Gasteiger partial charge in [-0.2, -0.15) is 4.98 Å². The minimum Gasteiger partial charge on any atom is -0.342 e. The van der Waals surface area contributed by atoms with E-state index in [0.717, 1.165) is 42.6 Å². The highest BCUT2D eigenvalue weighted by Gasteiger charge is 2.47. The van der Waals surface area contributed by atoms with E-state index in [4.69, 9.17) is 9.51 Å². The van der Waals surface area contributed by atoms with Crippen LogP contribution in [0.5, 0.6) is 0 Å². The van der Waals surface area contributed by atoms with Crippen LogP contribution in [0.15, 0.2) is 4.52 Å². The first-order valence-electron chi connectivity index (χ1n) is 9.89. The Kier molecular flexibility index (Phi) is 3.64. The molecule has 5 rings (SSSR count). The molecule has 0 spiro atoms. The standard InChI is InChI=1S/C19H27N3O2/c23-17-8-14(11-22(17)10-12-6-7-12)18-20-19(24-21-18)16-9-15(16)13-4-2-1-3-5-13/h12-16H,1-11H2/t14-,15-,16-/m0/s1. The van der Waals surface area contributed by atoms with E-state index in [1.165, 1.54) is 51.4 Å². The van der Waals surface area contributed by atoms with E-state index in [-0.39, 0.29) is 11.8 Å². The molecule has 1 saturated heterocycles. The van der Waals surface area contributed by atoms with Crippen LogP contribution in [0.1, 0.15) is 81.3 Å². The predicted molar refractivity (Wildman–Crippen MR) is 88.4 cm³/mol. The van der Waals surface area contributed by atoms with Gasteiger partial charge in [0.25, 0.3) is 0 Å². The van der Waals surface area contributed by atoms with Crippen LogP contribution in [0.2, 0.25) is 0 Å². The number of hydrogen-bond acceptors (Lipinski definition) is 4. The molecule has 3 aliphatic carbocycles. The van der Waals surface area contributed by atoms with Crippen molar-refractivity contribution >= 4 is 5.91 Å². The van der Waals surface area contributed by atoms with Crippen molar-refractivity contribution in [1.29, 1.82) is 0 Å². The first-order valence-corrected chi connectivity index (χ1v) is 9.89. The Morgan fingerprint density at radius 3 is 2.75 bits per heavy atom. The van der Waals surface area contributed by atoms with E-state index in [1.807, 2.05) is 4.90 Å². The molecule has 2 heterocycles. The van der Waals surface area contributed by atoms with Gasteiger partial charge in [0, 0.05) is 31.3 Å². The average molecular weight is 329 g/mol. The second-order valence-electron chi connectivity index (χ2n) is 8.54. The molecule has 1 aromatic heterocycles. The third kappa shape index (κ3) is 2.86. The van der Waals surface area contributed by atoms with E-state index < -0.39 is 0 Å². The minimum atomic E-state index is 0.139. The molecule has 5 nitrogen and oxygen atoms in total. The lowest BCUT2D eigenvalue weighted by Crippen LogP contribution is -2.27. The van der Waals surface area contributed by atoms with Crippen LogP contribution in [0.3, 0.4) is 0 Å². The highest BCUT2D eigenvalue weighted by atomic mass is 16.5. The number of rotatable bonds is 5. The maximum absolute atomic E-state index is 12.2. The predicted octanol–water partition coefficient (Wildman–Crippen LogP) is 3.48. The quantitative estimate of drug-likeness (QED) is 0.830. The summed E-state index contributed by atoms with van der Waals surface area (Å²) in [6.07, 6.45) is 11.3. The van der Waals surface area contributed by atoms with Crippen molar-refractivity contribution in [2.75, 3.05) is 13.1 Å². The van der Waals surface area contributed by atoms with Crippen LogP contribution in [0.25, 0.3) is 0 Å². The largest absolute Gasteiger partial charge is 0.342 e. The maximum atomic E-state index is 12.2. The second kappa shape index (κ2) is 5.85. The van der Waals surface area contributed by atoms with Gasteiger partial charge in [0.05, 0.1) is 0 Å². The summed E-state index contributed by atoms with van der Waals surface area (Å²) in [6, 6.07) is 0. The zero-order valence-electron chi connectivity index (χ0n) is 14.3. The number of likely N-dealkylation sites (tertiary alicyclic amines) is 1. The van der Waals surface area contributed by atoms with Crippen molar-refractivity contribution in [3.05, 3.63) is 11.7 Å². The summed E-state index contributed by atoms with van der Waals surface area (Å²) >= 11 is 0. The van der Waals surface area contributed by atoms with Crippen molar-refractivity contribution in [3.63, 3.8) is 0 Å². The second-order valence-corrected chi connectivity index (χ2v) is 8.54. The Bertz CT molecular complexity index is 618. The lowest BCUT2D eigenvalue weighted by Gasteiger charge is -2.21. The summed E-state index contributed by atoms with van der Waals surface area (Å²) in [7, 11) is 0. The molecule has 1 aromatic rings. The van der Waals surface area contributed by atoms with Gasteiger partial charge in [-0.15, -0.1) is 0 Å². The van der Waals surface area contributed by atoms with Crippen LogP contribution in [0.4, 0.5) is 0 Å². The van der Waals surface area contributed by atoms with Crippen LogP contribution < -0.4 is 0 Å². The van der Waals surface area contributed by atoms with Crippen molar-refractivity contribution < 1.29 is 9.32 Å². The van der Waals surface area contributed by atoms with Crippen LogP contribution in [-0.2, 0) is 4.79 Å². The highest BCUT2D eigenvalue weighted by Crippen LogP contribution is 2.54. The van der Waals surface area contributed by atoms with Crippen LogP contribution >= 0.6 is 0 Å². The summed E-state index contributed by atoms with van der Waals surface area (Å²) in [5.41, 5.74) is 0. The van der Waals surface area contributed by atoms with E-state index >= 15 is 0 Å². The highest BCUT2D eigenvalue weighted by molar-refractivity contribution is 5.79. The first-order chi connectivity index (χ1) is 11.8. The summed E-state index contributed by atoms with van der Waals surface area (Å²) in [5.74, 6) is 4.91. The Balaban J connectivity index is 1.21. The lowest BCUT2D eigenvalue weighted by molar-refractivity contribution is -0.127. The smallest absolute Gasteiger partial charge is 0.230 e. The molecule has 0 unspecified atom stereocenters. The number of amides is 1. The monoisotopic (exact) mass is 329 g/mol. The molecule has 5 heteroatoms. The molecule has 0 radical (unpaired) electrons. The fourth-order valence-electron chi connectivity index (χ4n) is 4.88. The van der Waals surface area contributed by atoms with Crippen LogP contribution in [-0.4, -0.2) is 34.0 Å². The Morgan fingerprint density at radius 2 is 1.96 bits per heavy atom. The van der Waals surface area contributed by atoms with Crippen molar-refractivity contribution in [2.45, 2.75) is 69.6 Å². The fraction of sp³-hybridized carbons (Fsp3) is 0.842. The van der Waals surface area contributed by atoms with Gasteiger partial charge in [0.1, 0.15) is 0 Å². The molecular weight excluding hydrogens is 302 g/mol. The summed E-state index contributed by atoms with van der Waals surface area (Å²) in [5, 5.41) is 4.24. The normalized spacial score (nSPS) is 34.1. The molecule has 3 saturated carbocycles. The molecule has 1 amide bonds. The van der Waals surface area contributed by atoms with Gasteiger partial charge in [-0.1, -0.05) is 37.3 Å². The van der Waals surface area contributed by atoms with E-state index in [9.17, 15) is 4.79 Å². The lowest BCUT2D eigenvalue weighted by atomic mass is 9.85. The number of aromatic nitrogens is 2. The van der Waals surface area contributed by atoms with E-state index in [0.29, 0.717) is 12.3 Å². The van der Waals surface area contributed by atoms with E-state index in [2.05, 4.69) is 5.16 Å². The number of hydrogen-bond donors (Lipinski definition) is 0. The SMILES string of the molecule is O=C1C[C@H](c2noc([C@H]3C[C@H]3C3CCCCC3)n2)CN1CC1CC1. The molecular formula is C19H27N3O2. The summed E-state index contributed by atoms with van der Waals surface area (Å²) in [4.78, 5) is 18.9. The molecule has 130 valence electrons. The number of carbonyl (C=O) groups excluding carboxylic acids is 1. The number of nitrogens with zero attached hydrogens (tertiary/aromatic N) is 3. The van der Waals surface area contributed by atoms with Gasteiger partial charge in [0.2, 0.25) is 11.8 Å². The number of carbonyl (C=O) groups is 1. The molecule has 0 bridgehead atoms. The maximum Gasteiger partial charge on any atom is 0.230 e. The van der Waals surface area contributed by atoms with Gasteiger partial charge in [0.15, 0.2) is 5.82 Å². The average Bonchev–Trinajstić information content (AvgIpc) is 3.50. The molecule has 4 aliphatic rings. The van der Waals surface area contributed by atoms with Gasteiger partial charge in [-0.05, 0) is 37.0 Å². The molecule has 24 heavy (non-hydrogen) atoms. The first kappa shape index (κ1) is 14.9. The Hall–Kier alpha value is -1.39. The van der Waals surface area contributed by atoms with Crippen molar-refractivity contribution in [3.8, 4) is 0 Å².